The predicted octanol–water partition coefficient (Wildman–Crippen LogP) is 1.15. The van der Waals surface area contributed by atoms with Crippen LogP contribution in [0.15, 0.2) is 11.3 Å². The van der Waals surface area contributed by atoms with Gasteiger partial charge >= 0.3 is 5.97 Å². The number of cyclic esters (lactones) is 1. The zero-order chi connectivity index (χ0) is 7.94. The average Bonchev–Trinajstić information content (AvgIpc) is 1.95. The third-order valence-corrected chi connectivity index (χ3v) is 1.58. The van der Waals surface area contributed by atoms with Gasteiger partial charge in [0.25, 0.3) is 0 Å². The molecule has 0 radical (unpaired) electrons. The van der Waals surface area contributed by atoms with Crippen molar-refractivity contribution in [3.63, 3.8) is 0 Å². The number of hydrogen-bond donors (Lipinski definition) is 1. The summed E-state index contributed by atoms with van der Waals surface area (Å²) in [5.74, 6) is -0.389. The highest BCUT2D eigenvalue weighted by Crippen LogP contribution is 2.29. The van der Waals surface area contributed by atoms with E-state index in [1.54, 1.807) is 20.8 Å². The normalized spacial score (nSPS) is 23.3. The second kappa shape index (κ2) is 1.75. The molecule has 0 saturated carbocycles. The molecule has 1 rings (SSSR count). The van der Waals surface area contributed by atoms with E-state index in [9.17, 15) is 9.90 Å². The summed E-state index contributed by atoms with van der Waals surface area (Å²) in [4.78, 5) is 10.8. The van der Waals surface area contributed by atoms with Gasteiger partial charge in [-0.15, -0.1) is 0 Å². The molecule has 0 atom stereocenters. The third-order valence-electron chi connectivity index (χ3n) is 1.58. The molecular weight excluding hydrogens is 132 g/mol. The number of carbonyl (C=O) groups excluding carboxylic acids is 1. The molecule has 1 N–H and O–H groups in total. The molecule has 56 valence electrons. The van der Waals surface area contributed by atoms with Crippen LogP contribution in [0.5, 0.6) is 0 Å². The quantitative estimate of drug-likeness (QED) is 0.516. The Bertz CT molecular complexity index is 213. The monoisotopic (exact) mass is 142 g/mol. The van der Waals surface area contributed by atoms with E-state index in [4.69, 9.17) is 4.74 Å². The lowest BCUT2D eigenvalue weighted by molar-refractivity contribution is -0.145. The largest absolute Gasteiger partial charge is 0.508 e. The van der Waals surface area contributed by atoms with E-state index in [-0.39, 0.29) is 5.76 Å². The number of hydrogen-bond acceptors (Lipinski definition) is 3. The number of rotatable bonds is 0. The first kappa shape index (κ1) is 7.12. The highest BCUT2D eigenvalue weighted by molar-refractivity contribution is 5.91. The molecule has 10 heavy (non-hydrogen) atoms. The summed E-state index contributed by atoms with van der Waals surface area (Å²) in [6.07, 6.45) is 0. The van der Waals surface area contributed by atoms with Crippen LogP contribution in [0.1, 0.15) is 20.8 Å². The van der Waals surface area contributed by atoms with E-state index in [1.807, 2.05) is 0 Å². The fourth-order valence-corrected chi connectivity index (χ4v) is 0.905. The minimum Gasteiger partial charge on any atom is -0.508 e. The minimum absolute atomic E-state index is 0.0394. The van der Waals surface area contributed by atoms with Gasteiger partial charge in [-0.2, -0.15) is 0 Å². The SMILES string of the molecule is CC1=C(O)C(C)(C)OC1=O. The Morgan fingerprint density at radius 3 is 2.10 bits per heavy atom. The molecule has 0 unspecified atom stereocenters. The molecule has 1 heterocycles. The van der Waals surface area contributed by atoms with Crippen LogP contribution in [0.2, 0.25) is 0 Å². The Hall–Kier alpha value is -0.990. The molecule has 3 heteroatoms. The van der Waals surface area contributed by atoms with Crippen molar-refractivity contribution in [2.75, 3.05) is 0 Å². The highest BCUT2D eigenvalue weighted by atomic mass is 16.6. The molecule has 1 aliphatic heterocycles. The molecule has 0 fully saturated rings. The Balaban J connectivity index is 3.06. The Morgan fingerprint density at radius 2 is 2.00 bits per heavy atom. The zero-order valence-corrected chi connectivity index (χ0v) is 6.26. The lowest BCUT2D eigenvalue weighted by Crippen LogP contribution is -2.22. The molecule has 1 aliphatic rings. The van der Waals surface area contributed by atoms with E-state index >= 15 is 0 Å². The first-order valence-corrected chi connectivity index (χ1v) is 3.09. The Morgan fingerprint density at radius 1 is 1.50 bits per heavy atom. The topological polar surface area (TPSA) is 46.5 Å². The van der Waals surface area contributed by atoms with Crippen LogP contribution in [0.25, 0.3) is 0 Å². The summed E-state index contributed by atoms with van der Waals surface area (Å²) in [6.45, 7) is 4.85. The van der Waals surface area contributed by atoms with Crippen LogP contribution in [-0.2, 0) is 9.53 Å². The van der Waals surface area contributed by atoms with Crippen molar-refractivity contribution in [1.82, 2.24) is 0 Å². The smallest absolute Gasteiger partial charge is 0.338 e. The molecule has 0 aliphatic carbocycles. The zero-order valence-electron chi connectivity index (χ0n) is 6.26. The van der Waals surface area contributed by atoms with Crippen LogP contribution in [0.3, 0.4) is 0 Å². The standard InChI is InChI=1S/C7H10O3/c1-4-5(8)7(2,3)10-6(4)9/h8H,1-3H3. The summed E-state index contributed by atoms with van der Waals surface area (Å²) in [5.41, 5.74) is -0.508. The van der Waals surface area contributed by atoms with E-state index < -0.39 is 11.6 Å². The molecule has 0 aromatic carbocycles. The number of ether oxygens (including phenoxy) is 1. The molecule has 0 aromatic rings. The highest BCUT2D eigenvalue weighted by Gasteiger charge is 2.38. The fourth-order valence-electron chi connectivity index (χ4n) is 0.905. The van der Waals surface area contributed by atoms with Gasteiger partial charge in [-0.25, -0.2) is 4.79 Å². The summed E-state index contributed by atoms with van der Waals surface area (Å²) in [5, 5.41) is 9.23. The van der Waals surface area contributed by atoms with E-state index in [2.05, 4.69) is 0 Å². The van der Waals surface area contributed by atoms with Crippen LogP contribution >= 0.6 is 0 Å². The van der Waals surface area contributed by atoms with Crippen molar-refractivity contribution in [3.05, 3.63) is 11.3 Å². The maximum Gasteiger partial charge on any atom is 0.338 e. The van der Waals surface area contributed by atoms with Gasteiger partial charge in [-0.3, -0.25) is 0 Å². The molecule has 0 bridgehead atoms. The van der Waals surface area contributed by atoms with Crippen molar-refractivity contribution >= 4 is 5.97 Å². The van der Waals surface area contributed by atoms with Crippen LogP contribution in [0.4, 0.5) is 0 Å². The fraction of sp³-hybridized carbons (Fsp3) is 0.571. The van der Waals surface area contributed by atoms with Crippen molar-refractivity contribution in [2.24, 2.45) is 0 Å². The van der Waals surface area contributed by atoms with Gasteiger partial charge in [-0.05, 0) is 20.8 Å². The van der Waals surface area contributed by atoms with E-state index in [0.717, 1.165) is 0 Å². The molecule has 0 aromatic heterocycles. The summed E-state index contributed by atoms with van der Waals surface area (Å²) in [7, 11) is 0. The maximum atomic E-state index is 10.8. The Labute approximate surface area is 59.3 Å². The first-order chi connectivity index (χ1) is 4.45. The molecule has 0 saturated heterocycles. The minimum atomic E-state index is -0.818. The molecule has 0 spiro atoms. The van der Waals surface area contributed by atoms with Crippen LogP contribution in [0, 0.1) is 0 Å². The van der Waals surface area contributed by atoms with E-state index in [0.29, 0.717) is 5.57 Å². The number of carbonyl (C=O) groups is 1. The molecule has 0 amide bonds. The van der Waals surface area contributed by atoms with Gasteiger partial charge < -0.3 is 9.84 Å². The lowest BCUT2D eigenvalue weighted by Gasteiger charge is -2.16. The maximum absolute atomic E-state index is 10.8. The Kier molecular flexibility index (Phi) is 1.24. The van der Waals surface area contributed by atoms with Gasteiger partial charge in [0.1, 0.15) is 5.76 Å². The summed E-state index contributed by atoms with van der Waals surface area (Å²) in [6, 6.07) is 0. The lowest BCUT2D eigenvalue weighted by atomic mass is 10.1. The van der Waals surface area contributed by atoms with Gasteiger partial charge in [0, 0.05) is 0 Å². The second-order valence-electron chi connectivity index (χ2n) is 2.87. The van der Waals surface area contributed by atoms with Crippen molar-refractivity contribution in [3.8, 4) is 0 Å². The summed E-state index contributed by atoms with van der Waals surface area (Å²) >= 11 is 0. The number of esters is 1. The first-order valence-electron chi connectivity index (χ1n) is 3.09. The molecular formula is C7H10O3. The number of aliphatic hydroxyl groups is 1. The van der Waals surface area contributed by atoms with E-state index in [1.165, 1.54) is 0 Å². The second-order valence-corrected chi connectivity index (χ2v) is 2.87. The van der Waals surface area contributed by atoms with Crippen molar-refractivity contribution in [1.29, 1.82) is 0 Å². The summed E-state index contributed by atoms with van der Waals surface area (Å²) < 4.78 is 4.81. The van der Waals surface area contributed by atoms with Gasteiger partial charge in [0.05, 0.1) is 5.57 Å². The molecule has 3 nitrogen and oxygen atoms in total. The average molecular weight is 142 g/mol. The van der Waals surface area contributed by atoms with Gasteiger partial charge in [-0.1, -0.05) is 0 Å². The van der Waals surface area contributed by atoms with Crippen molar-refractivity contribution < 1.29 is 14.6 Å². The van der Waals surface area contributed by atoms with Gasteiger partial charge in [0.15, 0.2) is 5.60 Å². The third kappa shape index (κ3) is 0.781. The number of aliphatic hydroxyl groups excluding tert-OH is 1. The predicted molar refractivity (Wildman–Crippen MR) is 35.5 cm³/mol. The van der Waals surface area contributed by atoms with Crippen LogP contribution < -0.4 is 0 Å². The van der Waals surface area contributed by atoms with Crippen molar-refractivity contribution in [2.45, 2.75) is 26.4 Å². The van der Waals surface area contributed by atoms with Gasteiger partial charge in [0.2, 0.25) is 0 Å². The van der Waals surface area contributed by atoms with Crippen LogP contribution in [-0.4, -0.2) is 16.7 Å².